The topological polar surface area (TPSA) is 54.4 Å². The second-order valence-electron chi connectivity index (χ2n) is 1.91. The van der Waals surface area contributed by atoms with Crippen LogP contribution in [0.4, 0.5) is 0 Å². The quantitative estimate of drug-likeness (QED) is 0.626. The molecule has 1 unspecified atom stereocenters. The minimum Gasteiger partial charge on any atom is -0.481 e. The van der Waals surface area contributed by atoms with Gasteiger partial charge in [-0.3, -0.25) is 9.59 Å². The third-order valence-electron chi connectivity index (χ3n) is 1.20. The van der Waals surface area contributed by atoms with Gasteiger partial charge in [-0.15, -0.1) is 12.4 Å². The van der Waals surface area contributed by atoms with E-state index in [1.54, 1.807) is 6.92 Å². The van der Waals surface area contributed by atoms with E-state index in [2.05, 4.69) is 0 Å². The summed E-state index contributed by atoms with van der Waals surface area (Å²) in [5, 5.41) is 8.32. The molecule has 0 rings (SSSR count). The molecule has 0 spiro atoms. The van der Waals surface area contributed by atoms with Crippen molar-refractivity contribution >= 4 is 24.2 Å². The van der Waals surface area contributed by atoms with Crippen molar-refractivity contribution in [3.8, 4) is 0 Å². The SMILES string of the molecule is CCC(C(C)=O)C(=O)O.Cl.[Cu].[Cu]. The third-order valence-corrected chi connectivity index (χ3v) is 1.20. The number of carboxylic acids is 1. The Labute approximate surface area is 99.0 Å². The molecule has 0 amide bonds. The van der Waals surface area contributed by atoms with E-state index in [0.29, 0.717) is 6.42 Å². The average Bonchev–Trinajstić information content (AvgIpc) is 1.64. The predicted octanol–water partition coefficient (Wildman–Crippen LogP) is 1.10. The Morgan fingerprint density at radius 2 is 1.67 bits per heavy atom. The van der Waals surface area contributed by atoms with Crippen molar-refractivity contribution in [3.63, 3.8) is 0 Å². The zero-order chi connectivity index (χ0) is 7.44. The van der Waals surface area contributed by atoms with E-state index in [1.807, 2.05) is 0 Å². The number of ketones is 1. The molecule has 0 aromatic rings. The first-order valence-electron chi connectivity index (χ1n) is 2.82. The molecule has 0 fully saturated rings. The van der Waals surface area contributed by atoms with Crippen LogP contribution in [0, 0.1) is 5.92 Å². The van der Waals surface area contributed by atoms with Gasteiger partial charge in [0.2, 0.25) is 0 Å². The van der Waals surface area contributed by atoms with Crippen LogP contribution < -0.4 is 0 Å². The number of halogens is 1. The van der Waals surface area contributed by atoms with Crippen molar-refractivity contribution in [2.45, 2.75) is 20.3 Å². The van der Waals surface area contributed by atoms with E-state index < -0.39 is 11.9 Å². The zero-order valence-corrected chi connectivity index (χ0v) is 9.26. The van der Waals surface area contributed by atoms with Crippen LogP contribution in [-0.4, -0.2) is 16.9 Å². The van der Waals surface area contributed by atoms with Gasteiger partial charge < -0.3 is 5.11 Å². The van der Waals surface area contributed by atoms with Crippen molar-refractivity contribution in [2.24, 2.45) is 5.92 Å². The second kappa shape index (κ2) is 11.5. The summed E-state index contributed by atoms with van der Waals surface area (Å²) in [6.07, 6.45) is 0.380. The van der Waals surface area contributed by atoms with Gasteiger partial charge in [0.15, 0.2) is 0 Å². The Bertz CT molecular complexity index is 127. The van der Waals surface area contributed by atoms with Gasteiger partial charge in [-0.05, 0) is 13.3 Å². The van der Waals surface area contributed by atoms with Crippen LogP contribution in [0.3, 0.4) is 0 Å². The summed E-state index contributed by atoms with van der Waals surface area (Å²) in [6, 6.07) is 0. The summed E-state index contributed by atoms with van der Waals surface area (Å²) in [4.78, 5) is 20.6. The maximum Gasteiger partial charge on any atom is 0.314 e. The number of rotatable bonds is 3. The van der Waals surface area contributed by atoms with Crippen LogP contribution in [0.1, 0.15) is 20.3 Å². The van der Waals surface area contributed by atoms with Crippen LogP contribution in [0.2, 0.25) is 0 Å². The van der Waals surface area contributed by atoms with Crippen molar-refractivity contribution < 1.29 is 48.8 Å². The van der Waals surface area contributed by atoms with E-state index in [4.69, 9.17) is 5.11 Å². The number of hydrogen-bond acceptors (Lipinski definition) is 2. The van der Waals surface area contributed by atoms with E-state index in [-0.39, 0.29) is 52.3 Å². The smallest absolute Gasteiger partial charge is 0.314 e. The number of hydrogen-bond donors (Lipinski definition) is 1. The standard InChI is InChI=1S/C6H10O3.ClH.2Cu/c1-3-5(4(2)7)6(8)9;;;/h5H,3H2,1-2H3,(H,8,9);1H;;. The Morgan fingerprint density at radius 1 is 1.33 bits per heavy atom. The molecule has 82 valence electrons. The summed E-state index contributed by atoms with van der Waals surface area (Å²) >= 11 is 0. The van der Waals surface area contributed by atoms with Gasteiger partial charge in [0.25, 0.3) is 0 Å². The molecule has 0 saturated carbocycles. The second-order valence-corrected chi connectivity index (χ2v) is 1.91. The molecule has 12 heavy (non-hydrogen) atoms. The number of Topliss-reactive ketones (excluding diaryl/α,β-unsaturated/α-hetero) is 1. The molecule has 2 radical (unpaired) electrons. The fraction of sp³-hybridized carbons (Fsp3) is 0.667. The first-order chi connectivity index (χ1) is 4.09. The summed E-state index contributed by atoms with van der Waals surface area (Å²) in [7, 11) is 0. The predicted molar refractivity (Wildman–Crippen MR) is 39.3 cm³/mol. The van der Waals surface area contributed by atoms with Gasteiger partial charge in [0, 0.05) is 34.1 Å². The molecule has 3 nitrogen and oxygen atoms in total. The summed E-state index contributed by atoms with van der Waals surface area (Å²) in [5.41, 5.74) is 0. The fourth-order valence-electron chi connectivity index (χ4n) is 0.636. The fourth-order valence-corrected chi connectivity index (χ4v) is 0.636. The molecule has 0 aromatic carbocycles. The summed E-state index contributed by atoms with van der Waals surface area (Å²) < 4.78 is 0. The molecule has 0 aliphatic carbocycles. The molecule has 0 saturated heterocycles. The van der Waals surface area contributed by atoms with E-state index >= 15 is 0 Å². The van der Waals surface area contributed by atoms with Gasteiger partial charge in [0.1, 0.15) is 11.7 Å². The maximum absolute atomic E-state index is 10.4. The zero-order valence-electron chi connectivity index (χ0n) is 6.56. The molecule has 0 aliphatic rings. The van der Waals surface area contributed by atoms with Crippen molar-refractivity contribution in [3.05, 3.63) is 0 Å². The number of aliphatic carboxylic acids is 1. The van der Waals surface area contributed by atoms with E-state index in [0.717, 1.165) is 0 Å². The summed E-state index contributed by atoms with van der Waals surface area (Å²) in [6.45, 7) is 2.97. The first-order valence-corrected chi connectivity index (χ1v) is 2.82. The van der Waals surface area contributed by atoms with Crippen molar-refractivity contribution in [1.29, 1.82) is 0 Å². The van der Waals surface area contributed by atoms with Crippen molar-refractivity contribution in [1.82, 2.24) is 0 Å². The van der Waals surface area contributed by atoms with Gasteiger partial charge >= 0.3 is 5.97 Å². The van der Waals surface area contributed by atoms with E-state index in [1.165, 1.54) is 6.92 Å². The Balaban J connectivity index is -0.000000107. The summed E-state index contributed by atoms with van der Waals surface area (Å²) in [5.74, 6) is -2.10. The maximum atomic E-state index is 10.4. The third kappa shape index (κ3) is 8.56. The molecule has 1 atom stereocenters. The molecule has 6 heteroatoms. The minimum absolute atomic E-state index is 0. The van der Waals surface area contributed by atoms with Crippen molar-refractivity contribution in [2.75, 3.05) is 0 Å². The monoisotopic (exact) mass is 292 g/mol. The van der Waals surface area contributed by atoms with Crippen LogP contribution in [0.15, 0.2) is 0 Å². The molecular formula is C6H11ClCu2O3. The number of carbonyl (C=O) groups excluding carboxylic acids is 1. The number of carboxylic acid groups (broad SMARTS) is 1. The Hall–Kier alpha value is 0.469. The Morgan fingerprint density at radius 3 is 1.67 bits per heavy atom. The molecule has 0 heterocycles. The molecule has 0 aliphatic heterocycles. The first kappa shape index (κ1) is 22.9. The van der Waals surface area contributed by atoms with Gasteiger partial charge in [-0.1, -0.05) is 6.92 Å². The molecular weight excluding hydrogens is 283 g/mol. The van der Waals surface area contributed by atoms with Crippen LogP contribution in [0.25, 0.3) is 0 Å². The minimum atomic E-state index is -1.02. The van der Waals surface area contributed by atoms with Crippen LogP contribution in [0.5, 0.6) is 0 Å². The van der Waals surface area contributed by atoms with E-state index in [9.17, 15) is 9.59 Å². The van der Waals surface area contributed by atoms with Crippen LogP contribution >= 0.6 is 12.4 Å². The molecule has 1 N–H and O–H groups in total. The number of carbonyl (C=O) groups is 2. The average molecular weight is 294 g/mol. The largest absolute Gasteiger partial charge is 0.481 e. The van der Waals surface area contributed by atoms with Gasteiger partial charge in [0.05, 0.1) is 0 Å². The normalized spacial score (nSPS) is 9.50. The molecule has 0 bridgehead atoms. The van der Waals surface area contributed by atoms with Crippen LogP contribution in [-0.2, 0) is 43.7 Å². The van der Waals surface area contributed by atoms with Gasteiger partial charge in [-0.25, -0.2) is 0 Å². The molecule has 0 aromatic heterocycles. The Kier molecular flexibility index (Phi) is 21.9. The van der Waals surface area contributed by atoms with Gasteiger partial charge in [-0.2, -0.15) is 0 Å².